The Labute approximate surface area is 223 Å². The third-order valence-corrected chi connectivity index (χ3v) is 7.14. The van der Waals surface area contributed by atoms with Gasteiger partial charge in [0.05, 0.1) is 30.8 Å². The van der Waals surface area contributed by atoms with Gasteiger partial charge in [0.1, 0.15) is 23.9 Å². The lowest BCUT2D eigenvalue weighted by Gasteiger charge is -2.43. The van der Waals surface area contributed by atoms with Gasteiger partial charge in [-0.2, -0.15) is 5.10 Å². The van der Waals surface area contributed by atoms with Crippen LogP contribution in [-0.2, 0) is 24.5 Å². The van der Waals surface area contributed by atoms with Crippen molar-refractivity contribution in [3.63, 3.8) is 0 Å². The number of nitrogens with zero attached hydrogens (tertiary/aromatic N) is 4. The second-order valence-electron chi connectivity index (χ2n) is 9.53. The van der Waals surface area contributed by atoms with Gasteiger partial charge in [0.25, 0.3) is 0 Å². The Balaban J connectivity index is 1.50. The van der Waals surface area contributed by atoms with E-state index in [-0.39, 0.29) is 36.5 Å². The van der Waals surface area contributed by atoms with Crippen molar-refractivity contribution in [2.24, 2.45) is 5.10 Å². The number of rotatable bonds is 7. The highest BCUT2D eigenvalue weighted by atomic mass is 19.1. The van der Waals surface area contributed by atoms with Crippen molar-refractivity contribution in [3.8, 4) is 0 Å². The monoisotopic (exact) mass is 528 g/mol. The molecule has 3 heterocycles. The first-order valence-electron chi connectivity index (χ1n) is 12.6. The first-order chi connectivity index (χ1) is 19.0. The number of aliphatic hydroxyl groups excluding tert-OH is 2. The van der Waals surface area contributed by atoms with Crippen LogP contribution in [0.25, 0.3) is 5.70 Å². The number of hydrazone groups is 1. The molecule has 3 aromatic carbocycles. The lowest BCUT2D eigenvalue weighted by atomic mass is 9.83. The molecule has 0 fully saturated rings. The molecule has 0 spiro atoms. The molecule has 2 atom stereocenters. The Morgan fingerprint density at radius 3 is 2.18 bits per heavy atom. The number of halogens is 2. The van der Waals surface area contributed by atoms with Crippen molar-refractivity contribution in [1.29, 1.82) is 0 Å². The molecule has 2 N–H and O–H groups in total. The van der Waals surface area contributed by atoms with Gasteiger partial charge in [0.15, 0.2) is 17.7 Å². The van der Waals surface area contributed by atoms with Crippen LogP contribution in [0, 0.1) is 11.6 Å². The van der Waals surface area contributed by atoms with E-state index in [9.17, 15) is 19.0 Å². The van der Waals surface area contributed by atoms with Crippen LogP contribution < -0.4 is 0 Å². The Morgan fingerprint density at radius 1 is 0.923 bits per heavy atom. The lowest BCUT2D eigenvalue weighted by molar-refractivity contribution is 0.110. The molecule has 2 aliphatic rings. The van der Waals surface area contributed by atoms with Gasteiger partial charge in [-0.1, -0.05) is 54.6 Å². The number of hydrogen-bond donors (Lipinski definition) is 2. The number of hydrogen-bond acceptors (Lipinski definition) is 6. The molecule has 0 saturated carbocycles. The molecular weight excluding hydrogens is 502 g/mol. The van der Waals surface area contributed by atoms with Gasteiger partial charge in [0.2, 0.25) is 0 Å². The van der Waals surface area contributed by atoms with E-state index >= 15 is 0 Å². The summed E-state index contributed by atoms with van der Waals surface area (Å²) in [6.45, 7) is 0.348. The Morgan fingerprint density at radius 2 is 1.56 bits per heavy atom. The summed E-state index contributed by atoms with van der Waals surface area (Å²) < 4.78 is 35.9. The average Bonchev–Trinajstić information content (AvgIpc) is 3.38. The molecule has 0 saturated heterocycles. The molecular formula is C30H26F2N4O3. The minimum Gasteiger partial charge on any atom is -0.488 e. The van der Waals surface area contributed by atoms with Gasteiger partial charge in [-0.05, 0) is 41.0 Å². The summed E-state index contributed by atoms with van der Waals surface area (Å²) in [6, 6.07) is 21.6. The van der Waals surface area contributed by atoms with E-state index in [1.54, 1.807) is 35.5 Å². The summed E-state index contributed by atoms with van der Waals surface area (Å²) >= 11 is 0. The molecule has 7 nitrogen and oxygen atoms in total. The molecule has 1 aromatic heterocycles. The molecule has 9 heteroatoms. The normalized spacial score (nSPS) is 18.3. The molecule has 198 valence electrons. The zero-order valence-corrected chi connectivity index (χ0v) is 20.9. The number of aliphatic hydroxyl groups is 2. The third-order valence-electron chi connectivity index (χ3n) is 7.14. The zero-order chi connectivity index (χ0) is 26.9. The van der Waals surface area contributed by atoms with Gasteiger partial charge in [-0.15, -0.1) is 0 Å². The van der Waals surface area contributed by atoms with Crippen LogP contribution in [0.1, 0.15) is 34.1 Å². The van der Waals surface area contributed by atoms with E-state index in [0.717, 1.165) is 16.7 Å². The van der Waals surface area contributed by atoms with Crippen LogP contribution in [-0.4, -0.2) is 43.1 Å². The number of ether oxygens (including phenoxy) is 1. The average molecular weight is 529 g/mol. The summed E-state index contributed by atoms with van der Waals surface area (Å²) in [5.74, 6) is -0.323. The minimum atomic E-state index is -1.11. The fourth-order valence-electron chi connectivity index (χ4n) is 5.28. The van der Waals surface area contributed by atoms with Crippen molar-refractivity contribution in [2.75, 3.05) is 0 Å². The minimum absolute atomic E-state index is 0.218. The van der Waals surface area contributed by atoms with Crippen molar-refractivity contribution in [3.05, 3.63) is 131 Å². The molecule has 39 heavy (non-hydrogen) atoms. The van der Waals surface area contributed by atoms with Crippen molar-refractivity contribution < 1.29 is 23.7 Å². The molecule has 0 bridgehead atoms. The second-order valence-corrected chi connectivity index (χ2v) is 9.53. The Bertz CT molecular complexity index is 1470. The van der Waals surface area contributed by atoms with Crippen LogP contribution in [0.3, 0.4) is 0 Å². The quantitative estimate of drug-likeness (QED) is 0.371. The van der Waals surface area contributed by atoms with E-state index in [1.165, 1.54) is 30.5 Å². The Hall–Kier alpha value is -4.34. The number of imidazole rings is 1. The number of fused-ring (bicyclic) bond motifs is 3. The van der Waals surface area contributed by atoms with E-state index in [0.29, 0.717) is 23.8 Å². The largest absolute Gasteiger partial charge is 0.488 e. The molecule has 2 aliphatic heterocycles. The first kappa shape index (κ1) is 25.0. The van der Waals surface area contributed by atoms with Crippen molar-refractivity contribution in [2.45, 2.75) is 37.8 Å². The van der Waals surface area contributed by atoms with Crippen LogP contribution in [0.15, 0.2) is 95.9 Å². The Kier molecular flexibility index (Phi) is 6.68. The van der Waals surface area contributed by atoms with Gasteiger partial charge in [-0.3, -0.25) is 5.01 Å². The topological polar surface area (TPSA) is 83.1 Å². The smallest absolute Gasteiger partial charge is 0.162 e. The molecule has 4 aromatic rings. The van der Waals surface area contributed by atoms with Crippen molar-refractivity contribution in [1.82, 2.24) is 14.6 Å². The van der Waals surface area contributed by atoms with E-state index in [1.807, 2.05) is 34.9 Å². The van der Waals surface area contributed by atoms with Gasteiger partial charge >= 0.3 is 0 Å². The standard InChI is InChI=1S/C30H26F2N4O3/c31-22-10-6-20(7-11-22)27(21-8-12-23(32)13-9-21)25-16-35-24(17-37)14-33-30(35)28-29(26(38)15-34-36(25)28)39-18-19-4-2-1-3-5-19/h1-15,25-27,37-38H,16-18H2/t25-,26?/m1/s1. The molecule has 0 radical (unpaired) electrons. The second kappa shape index (κ2) is 10.4. The van der Waals surface area contributed by atoms with E-state index in [2.05, 4.69) is 10.1 Å². The van der Waals surface area contributed by atoms with E-state index in [4.69, 9.17) is 4.74 Å². The third kappa shape index (κ3) is 4.71. The predicted octanol–water partition coefficient (Wildman–Crippen LogP) is 4.42. The van der Waals surface area contributed by atoms with E-state index < -0.39 is 12.1 Å². The predicted molar refractivity (Wildman–Crippen MR) is 141 cm³/mol. The summed E-state index contributed by atoms with van der Waals surface area (Å²) in [7, 11) is 0. The fraction of sp³-hybridized carbons (Fsp3) is 0.200. The summed E-state index contributed by atoms with van der Waals surface area (Å²) in [6.07, 6.45) is 1.89. The highest BCUT2D eigenvalue weighted by molar-refractivity contribution is 5.78. The highest BCUT2D eigenvalue weighted by Gasteiger charge is 2.42. The maximum absolute atomic E-state index is 13.9. The summed E-state index contributed by atoms with van der Waals surface area (Å²) in [5.41, 5.74) is 3.59. The van der Waals surface area contributed by atoms with Crippen molar-refractivity contribution >= 4 is 11.9 Å². The maximum Gasteiger partial charge on any atom is 0.162 e. The fourth-order valence-corrected chi connectivity index (χ4v) is 5.28. The van der Waals surface area contributed by atoms with Gasteiger partial charge in [-0.25, -0.2) is 13.8 Å². The lowest BCUT2D eigenvalue weighted by Crippen LogP contribution is -2.47. The van der Waals surface area contributed by atoms with Crippen LogP contribution in [0.5, 0.6) is 0 Å². The van der Waals surface area contributed by atoms with Gasteiger partial charge < -0.3 is 19.5 Å². The number of benzene rings is 3. The SMILES string of the molecule is OCc1cnc2n1C[C@H](C(c1ccc(F)cc1)c1ccc(F)cc1)N1N=CC(O)C(OCc3ccccc3)=C21. The zero-order valence-electron chi connectivity index (χ0n) is 20.9. The first-order valence-corrected chi connectivity index (χ1v) is 12.6. The molecule has 0 amide bonds. The highest BCUT2D eigenvalue weighted by Crippen LogP contribution is 2.42. The molecule has 6 rings (SSSR count). The maximum atomic E-state index is 13.9. The van der Waals surface area contributed by atoms with Crippen LogP contribution in [0.4, 0.5) is 8.78 Å². The summed E-state index contributed by atoms with van der Waals surface area (Å²) in [5, 5.41) is 27.4. The van der Waals surface area contributed by atoms with Crippen LogP contribution >= 0.6 is 0 Å². The molecule has 0 aliphatic carbocycles. The molecule has 1 unspecified atom stereocenters. The van der Waals surface area contributed by atoms with Crippen LogP contribution in [0.2, 0.25) is 0 Å². The summed E-state index contributed by atoms with van der Waals surface area (Å²) in [4.78, 5) is 4.55. The number of aromatic nitrogens is 2. The van der Waals surface area contributed by atoms with Gasteiger partial charge in [0, 0.05) is 12.5 Å².